The van der Waals surface area contributed by atoms with Gasteiger partial charge in [0.1, 0.15) is 10.4 Å². The quantitative estimate of drug-likeness (QED) is 0.292. The van der Waals surface area contributed by atoms with Crippen LogP contribution in [0.25, 0.3) is 0 Å². The average molecular weight is 144 g/mol. The van der Waals surface area contributed by atoms with Crippen LogP contribution in [0.15, 0.2) is 4.66 Å². The van der Waals surface area contributed by atoms with Crippen LogP contribution < -0.4 is 5.32 Å². The van der Waals surface area contributed by atoms with E-state index in [4.69, 9.17) is 0 Å². The van der Waals surface area contributed by atoms with Gasteiger partial charge >= 0.3 is 0 Å². The average Bonchev–Trinajstić information content (AvgIpc) is 1.87. The summed E-state index contributed by atoms with van der Waals surface area (Å²) in [6, 6.07) is 0. The standard InChI is InChI=1S/C5H12N2OSi/c1-3-5(8)6-4(2)7-9/h3H2,1-2,9H3,(H,6,7,8). The van der Waals surface area contributed by atoms with E-state index in [0.29, 0.717) is 6.42 Å². The van der Waals surface area contributed by atoms with E-state index in [-0.39, 0.29) is 5.91 Å². The number of hydrogen-bond acceptors (Lipinski definition) is 2. The summed E-state index contributed by atoms with van der Waals surface area (Å²) in [5, 5.41) is 2.62. The molecule has 0 aliphatic heterocycles. The summed E-state index contributed by atoms with van der Waals surface area (Å²) in [6.07, 6.45) is 0.522. The maximum absolute atomic E-state index is 10.6. The Bertz CT molecular complexity index is 133. The highest BCUT2D eigenvalue weighted by molar-refractivity contribution is 6.14. The number of nitrogens with one attached hydrogen (secondary N) is 1. The first-order valence-corrected chi connectivity index (χ1v) is 3.83. The minimum absolute atomic E-state index is 0.0344. The van der Waals surface area contributed by atoms with Gasteiger partial charge < -0.3 is 9.97 Å². The first kappa shape index (κ1) is 8.36. The van der Waals surface area contributed by atoms with E-state index in [0.717, 1.165) is 16.2 Å². The van der Waals surface area contributed by atoms with Crippen molar-refractivity contribution in [2.75, 3.05) is 0 Å². The third-order valence-electron chi connectivity index (χ3n) is 0.977. The maximum atomic E-state index is 10.6. The van der Waals surface area contributed by atoms with Crippen LogP contribution >= 0.6 is 0 Å². The van der Waals surface area contributed by atoms with Crippen LogP contribution in [0.4, 0.5) is 0 Å². The Morgan fingerprint density at radius 1 is 1.78 bits per heavy atom. The predicted octanol–water partition coefficient (Wildman–Crippen LogP) is -0.789. The molecule has 0 radical (unpaired) electrons. The smallest absolute Gasteiger partial charge is 0.224 e. The van der Waals surface area contributed by atoms with Crippen molar-refractivity contribution in [1.29, 1.82) is 0 Å². The van der Waals surface area contributed by atoms with E-state index < -0.39 is 0 Å². The molecule has 0 bridgehead atoms. The van der Waals surface area contributed by atoms with Crippen molar-refractivity contribution in [1.82, 2.24) is 5.32 Å². The van der Waals surface area contributed by atoms with Crippen molar-refractivity contribution in [3.63, 3.8) is 0 Å². The van der Waals surface area contributed by atoms with Gasteiger partial charge in [-0.3, -0.25) is 4.79 Å². The number of carbonyl (C=O) groups is 1. The Kier molecular flexibility index (Phi) is 3.95. The molecule has 52 valence electrons. The molecule has 1 N–H and O–H groups in total. The second-order valence-corrected chi connectivity index (χ2v) is 2.16. The molecule has 0 unspecified atom stereocenters. The molecule has 0 rings (SSSR count). The van der Waals surface area contributed by atoms with E-state index in [2.05, 4.69) is 9.97 Å². The summed E-state index contributed by atoms with van der Waals surface area (Å²) in [6.45, 7) is 3.61. The van der Waals surface area contributed by atoms with Gasteiger partial charge in [-0.25, -0.2) is 0 Å². The lowest BCUT2D eigenvalue weighted by Gasteiger charge is -1.98. The molecule has 9 heavy (non-hydrogen) atoms. The van der Waals surface area contributed by atoms with Crippen molar-refractivity contribution in [2.24, 2.45) is 4.66 Å². The second kappa shape index (κ2) is 4.26. The number of amides is 1. The largest absolute Gasteiger partial charge is 0.323 e. The SMILES string of the molecule is CCC(=O)NC(C)=N[SiH3]. The topological polar surface area (TPSA) is 41.5 Å². The third kappa shape index (κ3) is 3.90. The lowest BCUT2D eigenvalue weighted by Crippen LogP contribution is -2.27. The summed E-state index contributed by atoms with van der Waals surface area (Å²) in [5.41, 5.74) is 0. The number of carbonyl (C=O) groups excluding carboxylic acids is 1. The molecule has 0 heterocycles. The molecule has 0 saturated heterocycles. The van der Waals surface area contributed by atoms with Crippen LogP contribution in [0.5, 0.6) is 0 Å². The Morgan fingerprint density at radius 3 is 2.67 bits per heavy atom. The number of hydrogen-bond donors (Lipinski definition) is 1. The van der Waals surface area contributed by atoms with Crippen LogP contribution in [0.3, 0.4) is 0 Å². The van der Waals surface area contributed by atoms with Gasteiger partial charge in [0.15, 0.2) is 0 Å². The highest BCUT2D eigenvalue weighted by Gasteiger charge is 1.94. The van der Waals surface area contributed by atoms with Gasteiger partial charge in [0.25, 0.3) is 0 Å². The van der Waals surface area contributed by atoms with Crippen molar-refractivity contribution in [2.45, 2.75) is 20.3 Å². The Morgan fingerprint density at radius 2 is 2.33 bits per heavy atom. The summed E-state index contributed by atoms with van der Waals surface area (Å²) in [5.74, 6) is 0.764. The monoisotopic (exact) mass is 144 g/mol. The summed E-state index contributed by atoms with van der Waals surface area (Å²) >= 11 is 0. The first-order chi connectivity index (χ1) is 4.20. The minimum atomic E-state index is 0.0344. The van der Waals surface area contributed by atoms with Crippen molar-refractivity contribution >= 4 is 22.1 Å². The fraction of sp³-hybridized carbons (Fsp3) is 0.600. The van der Waals surface area contributed by atoms with E-state index in [1.54, 1.807) is 6.92 Å². The molecule has 0 aliphatic carbocycles. The van der Waals surface area contributed by atoms with E-state index in [9.17, 15) is 4.79 Å². The molecule has 0 aromatic carbocycles. The minimum Gasteiger partial charge on any atom is -0.323 e. The summed E-state index contributed by atoms with van der Waals surface area (Å²) in [7, 11) is 0.754. The molecule has 0 aliphatic rings. The molecule has 0 aromatic heterocycles. The number of amidine groups is 1. The molecule has 0 atom stereocenters. The second-order valence-electron chi connectivity index (χ2n) is 1.71. The van der Waals surface area contributed by atoms with Crippen LogP contribution in [-0.4, -0.2) is 22.1 Å². The highest BCUT2D eigenvalue weighted by Crippen LogP contribution is 1.75. The van der Waals surface area contributed by atoms with Gasteiger partial charge in [0.2, 0.25) is 5.91 Å². The van der Waals surface area contributed by atoms with Gasteiger partial charge in [-0.2, -0.15) is 0 Å². The van der Waals surface area contributed by atoms with E-state index in [1.165, 1.54) is 0 Å². The molecule has 0 saturated carbocycles. The molecule has 3 nitrogen and oxygen atoms in total. The lowest BCUT2D eigenvalue weighted by atomic mass is 10.4. The van der Waals surface area contributed by atoms with Crippen molar-refractivity contribution in [3.05, 3.63) is 0 Å². The van der Waals surface area contributed by atoms with Gasteiger partial charge in [-0.05, 0) is 6.92 Å². The highest BCUT2D eigenvalue weighted by atomic mass is 28.2. The fourth-order valence-corrected chi connectivity index (χ4v) is 0.458. The third-order valence-corrected chi connectivity index (χ3v) is 1.65. The molecular formula is C5H12N2OSi. The molecule has 1 amide bonds. The Balaban J connectivity index is 3.60. The molecular weight excluding hydrogens is 132 g/mol. The van der Waals surface area contributed by atoms with Gasteiger partial charge in [0, 0.05) is 6.42 Å². The van der Waals surface area contributed by atoms with Crippen molar-refractivity contribution < 1.29 is 4.79 Å². The zero-order valence-corrected chi connectivity index (χ0v) is 8.06. The first-order valence-electron chi connectivity index (χ1n) is 2.94. The van der Waals surface area contributed by atoms with Crippen LogP contribution in [0.1, 0.15) is 20.3 Å². The molecule has 4 heteroatoms. The fourth-order valence-electron chi connectivity index (χ4n) is 0.346. The molecule has 0 fully saturated rings. The predicted molar refractivity (Wildman–Crippen MR) is 41.5 cm³/mol. The van der Waals surface area contributed by atoms with Gasteiger partial charge in [0.05, 0.1) is 5.84 Å². The molecule has 0 aromatic rings. The van der Waals surface area contributed by atoms with E-state index >= 15 is 0 Å². The Hall–Kier alpha value is -0.643. The number of rotatable bonds is 1. The van der Waals surface area contributed by atoms with Crippen LogP contribution in [-0.2, 0) is 4.79 Å². The van der Waals surface area contributed by atoms with Gasteiger partial charge in [-0.1, -0.05) is 6.92 Å². The summed E-state index contributed by atoms with van der Waals surface area (Å²) < 4.78 is 3.90. The van der Waals surface area contributed by atoms with Crippen LogP contribution in [0.2, 0.25) is 0 Å². The zero-order chi connectivity index (χ0) is 7.28. The van der Waals surface area contributed by atoms with E-state index in [1.807, 2.05) is 6.92 Å². The lowest BCUT2D eigenvalue weighted by molar-refractivity contribution is -0.119. The normalized spacial score (nSPS) is 11.6. The van der Waals surface area contributed by atoms with Crippen LogP contribution in [0, 0.1) is 0 Å². The maximum Gasteiger partial charge on any atom is 0.224 e. The van der Waals surface area contributed by atoms with Crippen molar-refractivity contribution in [3.8, 4) is 0 Å². The van der Waals surface area contributed by atoms with Gasteiger partial charge in [-0.15, -0.1) is 0 Å². The number of nitrogens with zero attached hydrogens (tertiary/aromatic N) is 1. The summed E-state index contributed by atoms with van der Waals surface area (Å²) in [4.78, 5) is 10.6. The zero-order valence-electron chi connectivity index (χ0n) is 6.06. The molecule has 0 spiro atoms. The Labute approximate surface area is 58.1 Å².